The summed E-state index contributed by atoms with van der Waals surface area (Å²) in [6, 6.07) is 12.4. The molecule has 2 heterocycles. The SMILES string of the molecule is CC1(C)\C(=C/C=C/C=C/c2sc3ccccc3[n+]2CCCS(=O)(=O)O)N(CCCNC(=O)CCl)c2ccc(S(=O)(=O)O)cc21. The molecule has 1 aliphatic heterocycles. The van der Waals surface area contributed by atoms with Gasteiger partial charge < -0.3 is 10.2 Å². The quantitative estimate of drug-likeness (QED) is 0.0774. The highest BCUT2D eigenvalue weighted by molar-refractivity contribution is 7.86. The van der Waals surface area contributed by atoms with Crippen molar-refractivity contribution in [3.63, 3.8) is 0 Å². The van der Waals surface area contributed by atoms with Crippen molar-refractivity contribution < 1.29 is 35.3 Å². The molecule has 1 aromatic heterocycles. The Kier molecular flexibility index (Phi) is 10.7. The monoisotopic (exact) mass is 680 g/mol. The molecular formula is C30H35ClN3O7S3+. The molecule has 0 radical (unpaired) electrons. The molecule has 236 valence electrons. The third-order valence-corrected chi connectivity index (χ3v) is 10.3. The van der Waals surface area contributed by atoms with E-state index in [1.165, 1.54) is 12.1 Å². The Morgan fingerprint density at radius 3 is 2.52 bits per heavy atom. The third kappa shape index (κ3) is 8.14. The van der Waals surface area contributed by atoms with Crippen LogP contribution in [0.4, 0.5) is 5.69 Å². The minimum absolute atomic E-state index is 0.118. The number of allylic oxidation sites excluding steroid dienone is 5. The Balaban J connectivity index is 1.60. The largest absolute Gasteiger partial charge is 0.355 e. The van der Waals surface area contributed by atoms with Gasteiger partial charge in [0.25, 0.3) is 25.2 Å². The van der Waals surface area contributed by atoms with Crippen LogP contribution in [0.2, 0.25) is 0 Å². The number of alkyl halides is 1. The first-order valence-electron chi connectivity index (χ1n) is 13.9. The molecular weight excluding hydrogens is 646 g/mol. The van der Waals surface area contributed by atoms with Crippen molar-refractivity contribution >= 4 is 71.1 Å². The summed E-state index contributed by atoms with van der Waals surface area (Å²) in [5.74, 6) is -0.691. The molecule has 0 saturated heterocycles. The van der Waals surface area contributed by atoms with E-state index >= 15 is 0 Å². The van der Waals surface area contributed by atoms with Gasteiger partial charge in [0.15, 0.2) is 6.54 Å². The molecule has 14 heteroatoms. The maximum absolute atomic E-state index is 11.9. The minimum atomic E-state index is -4.38. The zero-order valence-corrected chi connectivity index (χ0v) is 27.5. The van der Waals surface area contributed by atoms with Crippen LogP contribution in [0.15, 0.2) is 77.4 Å². The van der Waals surface area contributed by atoms with Crippen LogP contribution in [0, 0.1) is 0 Å². The van der Waals surface area contributed by atoms with Crippen molar-refractivity contribution in [2.45, 2.75) is 43.5 Å². The standard InChI is InChI=1S/C30H34ClN3O7S3/c1-30(2)23-20-22(44(39,40)41)14-15-24(23)33(17-8-16-32-28(35)21-31)27(30)12-4-3-5-13-29-34(18-9-19-43(36,37)38)25-10-6-7-11-26(25)42-29/h3-7,10-15,20H,8-9,16-19,21H2,1-2H3,(H2-,32,35,36,37,38,39,40,41)/p+1. The van der Waals surface area contributed by atoms with Crippen molar-refractivity contribution in [3.05, 3.63) is 83.0 Å². The van der Waals surface area contributed by atoms with E-state index in [1.54, 1.807) is 17.4 Å². The first kappa shape index (κ1) is 33.8. The second-order valence-corrected chi connectivity index (χ2v) is 15.1. The van der Waals surface area contributed by atoms with Gasteiger partial charge >= 0.3 is 0 Å². The fourth-order valence-electron chi connectivity index (χ4n) is 5.23. The van der Waals surface area contributed by atoms with Gasteiger partial charge in [0, 0.05) is 48.5 Å². The van der Waals surface area contributed by atoms with E-state index in [0.29, 0.717) is 26.1 Å². The van der Waals surface area contributed by atoms with E-state index in [-0.39, 0.29) is 28.9 Å². The van der Waals surface area contributed by atoms with Gasteiger partial charge in [0.1, 0.15) is 10.6 Å². The first-order valence-corrected chi connectivity index (χ1v) is 18.3. The Morgan fingerprint density at radius 1 is 1.07 bits per heavy atom. The number of benzene rings is 2. The number of nitrogens with zero attached hydrogens (tertiary/aromatic N) is 2. The second kappa shape index (κ2) is 13.9. The number of aryl methyl sites for hydroxylation is 1. The number of anilines is 1. The van der Waals surface area contributed by atoms with Gasteiger partial charge in [-0.05, 0) is 42.3 Å². The fourth-order valence-corrected chi connectivity index (χ4v) is 7.43. The lowest BCUT2D eigenvalue weighted by atomic mass is 9.83. The molecule has 0 spiro atoms. The molecule has 1 aliphatic rings. The number of aromatic nitrogens is 1. The number of amides is 1. The predicted octanol–water partition coefficient (Wildman–Crippen LogP) is 4.71. The number of carbonyl (C=O) groups excluding carboxylic acids is 1. The predicted molar refractivity (Wildman–Crippen MR) is 174 cm³/mol. The number of hydrogen-bond donors (Lipinski definition) is 3. The van der Waals surface area contributed by atoms with Gasteiger partial charge in [-0.2, -0.15) is 21.4 Å². The van der Waals surface area contributed by atoms with E-state index in [1.807, 2.05) is 73.1 Å². The van der Waals surface area contributed by atoms with Gasteiger partial charge in [-0.1, -0.05) is 55.5 Å². The molecule has 0 bridgehead atoms. The molecule has 44 heavy (non-hydrogen) atoms. The maximum atomic E-state index is 11.9. The van der Waals surface area contributed by atoms with Gasteiger partial charge in [-0.3, -0.25) is 13.9 Å². The Morgan fingerprint density at radius 2 is 1.82 bits per heavy atom. The maximum Gasteiger partial charge on any atom is 0.294 e. The molecule has 3 aromatic rings. The Bertz CT molecular complexity index is 1850. The molecule has 3 N–H and O–H groups in total. The van der Waals surface area contributed by atoms with Crippen LogP contribution in [0.1, 0.15) is 37.3 Å². The lowest BCUT2D eigenvalue weighted by Crippen LogP contribution is -2.35. The van der Waals surface area contributed by atoms with E-state index in [9.17, 15) is 26.2 Å². The molecule has 0 saturated carbocycles. The van der Waals surface area contributed by atoms with E-state index < -0.39 is 25.7 Å². The average Bonchev–Trinajstić information content (AvgIpc) is 3.40. The summed E-state index contributed by atoms with van der Waals surface area (Å²) in [5, 5.41) is 3.68. The number of halogens is 1. The zero-order chi connectivity index (χ0) is 32.1. The number of carbonyl (C=O) groups is 1. The second-order valence-electron chi connectivity index (χ2n) is 10.8. The number of hydrogen-bond acceptors (Lipinski definition) is 7. The minimum Gasteiger partial charge on any atom is -0.355 e. The Hall–Kier alpha value is -3.07. The summed E-state index contributed by atoms with van der Waals surface area (Å²) in [6.07, 6.45) is 10.4. The van der Waals surface area contributed by atoms with Crippen molar-refractivity contribution in [2.24, 2.45) is 0 Å². The number of para-hydroxylation sites is 1. The number of thiazole rings is 1. The summed E-state index contributed by atoms with van der Waals surface area (Å²) in [6.45, 7) is 5.36. The average molecular weight is 681 g/mol. The fraction of sp³-hybridized carbons (Fsp3) is 0.333. The van der Waals surface area contributed by atoms with E-state index in [4.69, 9.17) is 16.2 Å². The highest BCUT2D eigenvalue weighted by atomic mass is 35.5. The summed E-state index contributed by atoms with van der Waals surface area (Å²) in [5.41, 5.74) is 2.87. The lowest BCUT2D eigenvalue weighted by molar-refractivity contribution is -0.668. The zero-order valence-electron chi connectivity index (χ0n) is 24.3. The van der Waals surface area contributed by atoms with Crippen LogP contribution in [0.5, 0.6) is 0 Å². The van der Waals surface area contributed by atoms with E-state index in [2.05, 4.69) is 10.2 Å². The highest BCUT2D eigenvalue weighted by Crippen LogP contribution is 2.48. The smallest absolute Gasteiger partial charge is 0.294 e. The van der Waals surface area contributed by atoms with Gasteiger partial charge in [0.2, 0.25) is 11.4 Å². The summed E-state index contributed by atoms with van der Waals surface area (Å²) >= 11 is 7.15. The lowest BCUT2D eigenvalue weighted by Gasteiger charge is -2.27. The van der Waals surface area contributed by atoms with Gasteiger partial charge in [0.05, 0.1) is 10.6 Å². The molecule has 0 fully saturated rings. The van der Waals surface area contributed by atoms with Crippen LogP contribution < -0.4 is 14.8 Å². The van der Waals surface area contributed by atoms with Crippen molar-refractivity contribution in [2.75, 3.05) is 29.6 Å². The number of rotatable bonds is 13. The van der Waals surface area contributed by atoms with Crippen LogP contribution in [-0.2, 0) is 37.0 Å². The summed E-state index contributed by atoms with van der Waals surface area (Å²) in [4.78, 5) is 13.5. The summed E-state index contributed by atoms with van der Waals surface area (Å²) in [7, 11) is -8.43. The molecule has 0 aliphatic carbocycles. The molecule has 10 nitrogen and oxygen atoms in total. The van der Waals surface area contributed by atoms with Crippen LogP contribution in [0.3, 0.4) is 0 Å². The topological polar surface area (TPSA) is 145 Å². The Labute approximate surface area is 266 Å². The molecule has 0 unspecified atom stereocenters. The van der Waals surface area contributed by atoms with Gasteiger partial charge in [-0.25, -0.2) is 0 Å². The van der Waals surface area contributed by atoms with Gasteiger partial charge in [-0.15, -0.1) is 11.6 Å². The molecule has 1 amide bonds. The van der Waals surface area contributed by atoms with Crippen molar-refractivity contribution in [3.8, 4) is 0 Å². The molecule has 4 rings (SSSR count). The summed E-state index contributed by atoms with van der Waals surface area (Å²) < 4.78 is 68.1. The van der Waals surface area contributed by atoms with Crippen molar-refractivity contribution in [1.82, 2.24) is 5.32 Å². The number of nitrogens with one attached hydrogen (secondary N) is 1. The molecule has 0 atom stereocenters. The van der Waals surface area contributed by atoms with E-state index in [0.717, 1.165) is 32.2 Å². The van der Waals surface area contributed by atoms with Crippen LogP contribution in [0.25, 0.3) is 16.3 Å². The highest BCUT2D eigenvalue weighted by Gasteiger charge is 2.40. The number of fused-ring (bicyclic) bond motifs is 2. The van der Waals surface area contributed by atoms with Crippen LogP contribution >= 0.6 is 22.9 Å². The van der Waals surface area contributed by atoms with Crippen molar-refractivity contribution in [1.29, 1.82) is 0 Å². The normalized spacial score (nSPS) is 16.0. The first-order chi connectivity index (χ1) is 20.7. The van der Waals surface area contributed by atoms with Crippen LogP contribution in [-0.4, -0.2) is 56.6 Å². The molecule has 2 aromatic carbocycles. The third-order valence-electron chi connectivity index (χ3n) is 7.30.